The van der Waals surface area contributed by atoms with Crippen molar-refractivity contribution in [2.45, 2.75) is 38.0 Å². The van der Waals surface area contributed by atoms with E-state index in [-0.39, 0.29) is 22.8 Å². The van der Waals surface area contributed by atoms with Gasteiger partial charge in [0.05, 0.1) is 0 Å². The molecule has 0 spiro atoms. The number of anilines is 1. The summed E-state index contributed by atoms with van der Waals surface area (Å²) in [5, 5.41) is 3.04. The van der Waals surface area contributed by atoms with E-state index in [1.165, 1.54) is 30.8 Å². The largest absolute Gasteiger partial charge is 0.382 e. The summed E-state index contributed by atoms with van der Waals surface area (Å²) in [6.45, 7) is 2.90. The number of nitrogens with zero attached hydrogens (tertiary/aromatic N) is 2. The van der Waals surface area contributed by atoms with Gasteiger partial charge in [-0.25, -0.2) is 9.97 Å². The lowest BCUT2D eigenvalue weighted by Crippen LogP contribution is -2.43. The van der Waals surface area contributed by atoms with Crippen LogP contribution in [0.15, 0.2) is 42.7 Å². The molecule has 24 heavy (non-hydrogen) atoms. The second-order valence-corrected chi connectivity index (χ2v) is 6.80. The van der Waals surface area contributed by atoms with Crippen LogP contribution in [-0.2, 0) is 5.41 Å². The number of amides is 1. The molecule has 1 aliphatic carbocycles. The van der Waals surface area contributed by atoms with Crippen LogP contribution in [0, 0.1) is 5.92 Å². The molecule has 1 aromatic carbocycles. The molecule has 1 saturated carbocycles. The predicted molar refractivity (Wildman–Crippen MR) is 94.5 cm³/mol. The minimum Gasteiger partial charge on any atom is -0.382 e. The molecule has 0 atom stereocenters. The van der Waals surface area contributed by atoms with E-state index in [1.54, 1.807) is 0 Å². The van der Waals surface area contributed by atoms with Crippen molar-refractivity contribution >= 4 is 11.7 Å². The molecule has 2 aromatic rings. The maximum atomic E-state index is 12.5. The van der Waals surface area contributed by atoms with Crippen molar-refractivity contribution in [3.05, 3.63) is 54.0 Å². The van der Waals surface area contributed by atoms with Crippen molar-refractivity contribution in [1.29, 1.82) is 0 Å². The summed E-state index contributed by atoms with van der Waals surface area (Å²) in [5.41, 5.74) is 7.24. The Morgan fingerprint density at radius 1 is 1.21 bits per heavy atom. The van der Waals surface area contributed by atoms with Crippen LogP contribution >= 0.6 is 0 Å². The lowest BCUT2D eigenvalue weighted by Gasteiger charge is -2.40. The summed E-state index contributed by atoms with van der Waals surface area (Å²) in [6, 6.07) is 10.5. The molecule has 1 amide bonds. The first-order chi connectivity index (χ1) is 11.6. The molecule has 0 aliphatic heterocycles. The molecule has 3 rings (SSSR count). The zero-order chi connectivity index (χ0) is 17.0. The number of carbonyl (C=O) groups excluding carboxylic acids is 1. The third-order valence-electron chi connectivity index (χ3n) is 5.15. The summed E-state index contributed by atoms with van der Waals surface area (Å²) in [5.74, 6) is 0.656. The van der Waals surface area contributed by atoms with Gasteiger partial charge in [0.25, 0.3) is 5.91 Å². The van der Waals surface area contributed by atoms with Crippen molar-refractivity contribution in [3.8, 4) is 0 Å². The number of rotatable bonds is 4. The van der Waals surface area contributed by atoms with Crippen LogP contribution in [-0.4, -0.2) is 22.4 Å². The molecule has 126 valence electrons. The highest BCUT2D eigenvalue weighted by molar-refractivity contribution is 5.96. The molecule has 3 N–H and O–H groups in total. The summed E-state index contributed by atoms with van der Waals surface area (Å²) in [4.78, 5) is 20.4. The van der Waals surface area contributed by atoms with Crippen LogP contribution < -0.4 is 11.1 Å². The van der Waals surface area contributed by atoms with E-state index >= 15 is 0 Å². The number of hydrogen-bond acceptors (Lipinski definition) is 4. The van der Waals surface area contributed by atoms with Crippen LogP contribution in [0.3, 0.4) is 0 Å². The standard InChI is InChI=1S/C19H24N4O/c1-14-7-9-19(10-8-14,15-5-3-2-4-6-15)13-23-18(24)16-17(20)22-12-11-21-16/h2-6,11-12,14H,7-10,13H2,1H3,(H2,20,22)(H,23,24). The molecule has 1 heterocycles. The van der Waals surface area contributed by atoms with Crippen molar-refractivity contribution in [3.63, 3.8) is 0 Å². The lowest BCUT2D eigenvalue weighted by atomic mass is 9.67. The van der Waals surface area contributed by atoms with E-state index in [2.05, 4.69) is 46.5 Å². The quantitative estimate of drug-likeness (QED) is 0.906. The average molecular weight is 324 g/mol. The summed E-state index contributed by atoms with van der Waals surface area (Å²) in [6.07, 6.45) is 7.49. The first-order valence-corrected chi connectivity index (χ1v) is 8.51. The van der Waals surface area contributed by atoms with Gasteiger partial charge in [-0.2, -0.15) is 0 Å². The van der Waals surface area contributed by atoms with Crippen molar-refractivity contribution in [1.82, 2.24) is 15.3 Å². The molecular formula is C19H24N4O. The Hall–Kier alpha value is -2.43. The number of aromatic nitrogens is 2. The smallest absolute Gasteiger partial charge is 0.273 e. The van der Waals surface area contributed by atoms with E-state index in [9.17, 15) is 4.79 Å². The molecule has 1 fully saturated rings. The molecule has 0 bridgehead atoms. The van der Waals surface area contributed by atoms with E-state index in [1.807, 2.05) is 6.07 Å². The number of benzene rings is 1. The van der Waals surface area contributed by atoms with Crippen molar-refractivity contribution < 1.29 is 4.79 Å². The van der Waals surface area contributed by atoms with Crippen molar-refractivity contribution in [2.24, 2.45) is 5.92 Å². The van der Waals surface area contributed by atoms with Gasteiger partial charge in [0.1, 0.15) is 0 Å². The van der Waals surface area contributed by atoms with E-state index in [4.69, 9.17) is 5.73 Å². The van der Waals surface area contributed by atoms with Crippen LogP contribution in [0.1, 0.15) is 48.7 Å². The molecule has 0 saturated heterocycles. The fraction of sp³-hybridized carbons (Fsp3) is 0.421. The fourth-order valence-corrected chi connectivity index (χ4v) is 3.53. The highest BCUT2D eigenvalue weighted by Crippen LogP contribution is 2.41. The Bertz CT molecular complexity index is 694. The van der Waals surface area contributed by atoms with Gasteiger partial charge in [-0.1, -0.05) is 37.3 Å². The Labute approximate surface area is 142 Å². The number of nitrogen functional groups attached to an aromatic ring is 1. The molecule has 5 heteroatoms. The van der Waals surface area contributed by atoms with Crippen molar-refractivity contribution in [2.75, 3.05) is 12.3 Å². The predicted octanol–water partition coefficient (Wildman–Crippen LogP) is 2.94. The van der Waals surface area contributed by atoms with Crippen LogP contribution in [0.4, 0.5) is 5.82 Å². The SMILES string of the molecule is CC1CCC(CNC(=O)c2nccnc2N)(c2ccccc2)CC1. The molecule has 5 nitrogen and oxygen atoms in total. The Kier molecular flexibility index (Phi) is 4.79. The number of hydrogen-bond donors (Lipinski definition) is 2. The van der Waals surface area contributed by atoms with E-state index in [0.29, 0.717) is 6.54 Å². The minimum absolute atomic E-state index is 0.0135. The Balaban J connectivity index is 1.78. The molecule has 0 unspecified atom stereocenters. The summed E-state index contributed by atoms with van der Waals surface area (Å²) < 4.78 is 0. The lowest BCUT2D eigenvalue weighted by molar-refractivity contribution is 0.0929. The van der Waals surface area contributed by atoms with Gasteiger partial charge >= 0.3 is 0 Å². The number of nitrogens with two attached hydrogens (primary N) is 1. The third-order valence-corrected chi connectivity index (χ3v) is 5.15. The maximum absolute atomic E-state index is 12.5. The highest BCUT2D eigenvalue weighted by Gasteiger charge is 2.36. The van der Waals surface area contributed by atoms with E-state index < -0.39 is 0 Å². The molecule has 1 aromatic heterocycles. The van der Waals surface area contributed by atoms with Crippen LogP contribution in [0.25, 0.3) is 0 Å². The van der Waals surface area contributed by atoms with Gasteiger partial charge in [-0.3, -0.25) is 4.79 Å². The Morgan fingerprint density at radius 3 is 2.54 bits per heavy atom. The number of nitrogens with one attached hydrogen (secondary N) is 1. The molecule has 0 radical (unpaired) electrons. The Morgan fingerprint density at radius 2 is 1.88 bits per heavy atom. The van der Waals surface area contributed by atoms with Crippen LogP contribution in [0.5, 0.6) is 0 Å². The van der Waals surface area contributed by atoms with Gasteiger partial charge in [-0.05, 0) is 37.2 Å². The van der Waals surface area contributed by atoms with Gasteiger partial charge in [0.2, 0.25) is 0 Å². The fourth-order valence-electron chi connectivity index (χ4n) is 3.53. The van der Waals surface area contributed by atoms with Gasteiger partial charge < -0.3 is 11.1 Å². The second kappa shape index (κ2) is 6.99. The third kappa shape index (κ3) is 3.40. The highest BCUT2D eigenvalue weighted by atomic mass is 16.1. The monoisotopic (exact) mass is 324 g/mol. The van der Waals surface area contributed by atoms with Gasteiger partial charge in [0.15, 0.2) is 11.5 Å². The average Bonchev–Trinajstić information content (AvgIpc) is 2.62. The minimum atomic E-state index is -0.255. The topological polar surface area (TPSA) is 80.9 Å². The normalized spacial score (nSPS) is 23.6. The number of carbonyl (C=O) groups is 1. The van der Waals surface area contributed by atoms with E-state index in [0.717, 1.165) is 18.8 Å². The zero-order valence-electron chi connectivity index (χ0n) is 14.0. The zero-order valence-corrected chi connectivity index (χ0v) is 14.0. The summed E-state index contributed by atoms with van der Waals surface area (Å²) >= 11 is 0. The first-order valence-electron chi connectivity index (χ1n) is 8.51. The second-order valence-electron chi connectivity index (χ2n) is 6.80. The van der Waals surface area contributed by atoms with Gasteiger partial charge in [0, 0.05) is 24.4 Å². The summed E-state index contributed by atoms with van der Waals surface area (Å²) in [7, 11) is 0. The van der Waals surface area contributed by atoms with Crippen LogP contribution in [0.2, 0.25) is 0 Å². The molecule has 1 aliphatic rings. The first kappa shape index (κ1) is 16.4. The maximum Gasteiger partial charge on any atom is 0.273 e. The molecular weight excluding hydrogens is 300 g/mol. The van der Waals surface area contributed by atoms with Gasteiger partial charge in [-0.15, -0.1) is 0 Å².